The highest BCUT2D eigenvalue weighted by molar-refractivity contribution is 6.05. The van der Waals surface area contributed by atoms with Crippen LogP contribution in [0.15, 0.2) is 18.2 Å². The molecular formula is C22H27N3O5. The summed E-state index contributed by atoms with van der Waals surface area (Å²) in [6, 6.07) is 5.24. The van der Waals surface area contributed by atoms with Crippen molar-refractivity contribution in [2.24, 2.45) is 0 Å². The SMILES string of the molecule is O=C1CCC(N2Cc3cc(O[C@H]4CCC[C@@H]4N4CCC(O)C4)ccc3C2=O)C(=O)N1. The van der Waals surface area contributed by atoms with Gasteiger partial charge in [-0.2, -0.15) is 0 Å². The summed E-state index contributed by atoms with van der Waals surface area (Å²) in [5.74, 6) is -0.114. The predicted molar refractivity (Wildman–Crippen MR) is 107 cm³/mol. The number of fused-ring (bicyclic) bond motifs is 1. The van der Waals surface area contributed by atoms with E-state index in [4.69, 9.17) is 4.74 Å². The lowest BCUT2D eigenvalue weighted by Crippen LogP contribution is -2.52. The zero-order valence-corrected chi connectivity index (χ0v) is 16.9. The number of rotatable bonds is 4. The van der Waals surface area contributed by atoms with Crippen molar-refractivity contribution in [1.29, 1.82) is 0 Å². The summed E-state index contributed by atoms with van der Waals surface area (Å²) in [7, 11) is 0. The second-order valence-corrected chi connectivity index (χ2v) is 8.81. The summed E-state index contributed by atoms with van der Waals surface area (Å²) in [6.45, 7) is 1.97. The van der Waals surface area contributed by atoms with Gasteiger partial charge in [0.1, 0.15) is 17.9 Å². The Labute approximate surface area is 175 Å². The summed E-state index contributed by atoms with van der Waals surface area (Å²) >= 11 is 0. The van der Waals surface area contributed by atoms with Crippen LogP contribution < -0.4 is 10.1 Å². The van der Waals surface area contributed by atoms with Gasteiger partial charge in [-0.25, -0.2) is 0 Å². The lowest BCUT2D eigenvalue weighted by molar-refractivity contribution is -0.136. The van der Waals surface area contributed by atoms with Gasteiger partial charge in [0.05, 0.1) is 6.10 Å². The largest absolute Gasteiger partial charge is 0.489 e. The van der Waals surface area contributed by atoms with Crippen LogP contribution in [0, 0.1) is 0 Å². The maximum absolute atomic E-state index is 12.8. The minimum absolute atomic E-state index is 0.0803. The Morgan fingerprint density at radius 1 is 1.10 bits per heavy atom. The average Bonchev–Trinajstić information content (AvgIpc) is 3.41. The van der Waals surface area contributed by atoms with E-state index in [9.17, 15) is 19.5 Å². The van der Waals surface area contributed by atoms with Gasteiger partial charge in [0, 0.05) is 37.7 Å². The second-order valence-electron chi connectivity index (χ2n) is 8.81. The first kappa shape index (κ1) is 19.5. The molecule has 0 radical (unpaired) electrons. The Bertz CT molecular complexity index is 888. The number of carbonyl (C=O) groups is 3. The van der Waals surface area contributed by atoms with Crippen LogP contribution in [-0.4, -0.2) is 70.0 Å². The van der Waals surface area contributed by atoms with Crippen molar-refractivity contribution in [1.82, 2.24) is 15.1 Å². The molecule has 1 aliphatic carbocycles. The van der Waals surface area contributed by atoms with Gasteiger partial charge in [-0.1, -0.05) is 0 Å². The number of imide groups is 1. The summed E-state index contributed by atoms with van der Waals surface area (Å²) in [5, 5.41) is 12.2. The van der Waals surface area contributed by atoms with Gasteiger partial charge in [-0.15, -0.1) is 0 Å². The summed E-state index contributed by atoms with van der Waals surface area (Å²) in [6.07, 6.45) is 4.43. The van der Waals surface area contributed by atoms with Crippen LogP contribution in [0.2, 0.25) is 0 Å². The van der Waals surface area contributed by atoms with Crippen molar-refractivity contribution < 1.29 is 24.2 Å². The first-order chi connectivity index (χ1) is 14.5. The molecule has 2 unspecified atom stereocenters. The van der Waals surface area contributed by atoms with Gasteiger partial charge in [0.15, 0.2) is 0 Å². The maximum atomic E-state index is 12.8. The number of hydrogen-bond acceptors (Lipinski definition) is 6. The van der Waals surface area contributed by atoms with Gasteiger partial charge in [-0.3, -0.25) is 24.6 Å². The average molecular weight is 413 g/mol. The molecule has 3 aliphatic heterocycles. The highest BCUT2D eigenvalue weighted by Gasteiger charge is 2.40. The van der Waals surface area contributed by atoms with Crippen LogP contribution in [0.3, 0.4) is 0 Å². The fourth-order valence-electron chi connectivity index (χ4n) is 5.33. The van der Waals surface area contributed by atoms with E-state index in [0.717, 1.165) is 43.5 Å². The molecule has 4 aliphatic rings. The van der Waals surface area contributed by atoms with E-state index >= 15 is 0 Å². The van der Waals surface area contributed by atoms with Crippen LogP contribution in [0.25, 0.3) is 0 Å². The molecule has 5 rings (SSSR count). The smallest absolute Gasteiger partial charge is 0.255 e. The topological polar surface area (TPSA) is 99.2 Å². The van der Waals surface area contributed by atoms with Crippen LogP contribution in [-0.2, 0) is 16.1 Å². The van der Waals surface area contributed by atoms with E-state index in [0.29, 0.717) is 31.1 Å². The minimum Gasteiger partial charge on any atom is -0.489 e. The number of carbonyl (C=O) groups excluding carboxylic acids is 3. The second kappa shape index (κ2) is 7.67. The summed E-state index contributed by atoms with van der Waals surface area (Å²) < 4.78 is 6.33. The lowest BCUT2D eigenvalue weighted by atomic mass is 10.0. The number of ether oxygens (including phenoxy) is 1. The number of β-amino-alcohol motifs (C(OH)–C–C–N with tert-alkyl or cyclic N) is 1. The molecule has 8 nitrogen and oxygen atoms in total. The molecule has 2 saturated heterocycles. The van der Waals surface area contributed by atoms with Crippen molar-refractivity contribution in [3.05, 3.63) is 29.3 Å². The zero-order chi connectivity index (χ0) is 20.8. The predicted octanol–water partition coefficient (Wildman–Crippen LogP) is 0.814. The maximum Gasteiger partial charge on any atom is 0.255 e. The molecule has 30 heavy (non-hydrogen) atoms. The molecular weight excluding hydrogens is 386 g/mol. The third-order valence-electron chi connectivity index (χ3n) is 6.86. The van der Waals surface area contributed by atoms with E-state index in [-0.39, 0.29) is 30.4 Å². The molecule has 2 N–H and O–H groups in total. The summed E-state index contributed by atoms with van der Waals surface area (Å²) in [4.78, 5) is 40.3. The summed E-state index contributed by atoms with van der Waals surface area (Å²) in [5.41, 5.74) is 1.45. The fourth-order valence-corrected chi connectivity index (χ4v) is 5.33. The van der Waals surface area contributed by atoms with Gasteiger partial charge in [0.2, 0.25) is 11.8 Å². The minimum atomic E-state index is -0.604. The first-order valence-electron chi connectivity index (χ1n) is 10.9. The zero-order valence-electron chi connectivity index (χ0n) is 16.9. The van der Waals surface area contributed by atoms with Crippen molar-refractivity contribution in [2.75, 3.05) is 13.1 Å². The first-order valence-corrected chi connectivity index (χ1v) is 10.9. The number of piperidine rings is 1. The highest BCUT2D eigenvalue weighted by Crippen LogP contribution is 2.34. The molecule has 3 fully saturated rings. The van der Waals surface area contributed by atoms with Gasteiger partial charge >= 0.3 is 0 Å². The number of nitrogens with zero attached hydrogens (tertiary/aromatic N) is 2. The van der Waals surface area contributed by atoms with E-state index in [1.807, 2.05) is 12.1 Å². The van der Waals surface area contributed by atoms with Crippen LogP contribution in [0.1, 0.15) is 54.4 Å². The van der Waals surface area contributed by atoms with Gasteiger partial charge in [-0.05, 0) is 55.9 Å². The van der Waals surface area contributed by atoms with Crippen LogP contribution >= 0.6 is 0 Å². The van der Waals surface area contributed by atoms with Crippen molar-refractivity contribution in [2.45, 2.75) is 69.4 Å². The van der Waals surface area contributed by atoms with Crippen LogP contribution in [0.4, 0.5) is 0 Å². The Balaban J connectivity index is 1.29. The Hall–Kier alpha value is -2.45. The molecule has 0 aromatic heterocycles. The lowest BCUT2D eigenvalue weighted by Gasteiger charge is -2.29. The van der Waals surface area contributed by atoms with E-state index in [2.05, 4.69) is 10.2 Å². The molecule has 1 aromatic carbocycles. The highest BCUT2D eigenvalue weighted by atomic mass is 16.5. The third-order valence-corrected chi connectivity index (χ3v) is 6.86. The van der Waals surface area contributed by atoms with E-state index in [1.54, 1.807) is 11.0 Å². The number of aliphatic hydroxyl groups is 1. The number of hydrogen-bond donors (Lipinski definition) is 2. The van der Waals surface area contributed by atoms with Crippen molar-refractivity contribution in [3.63, 3.8) is 0 Å². The number of aliphatic hydroxyl groups excluding tert-OH is 1. The van der Waals surface area contributed by atoms with Crippen molar-refractivity contribution >= 4 is 17.7 Å². The molecule has 0 bridgehead atoms. The number of nitrogens with one attached hydrogen (secondary N) is 1. The Morgan fingerprint density at radius 3 is 2.73 bits per heavy atom. The molecule has 3 amide bonds. The van der Waals surface area contributed by atoms with Gasteiger partial charge in [0.25, 0.3) is 5.91 Å². The molecule has 160 valence electrons. The number of benzene rings is 1. The van der Waals surface area contributed by atoms with E-state index in [1.165, 1.54) is 0 Å². The molecule has 1 saturated carbocycles. The third kappa shape index (κ3) is 3.48. The standard InChI is InChI=1S/C22H27N3O5/c26-14-8-9-24(12-14)17-2-1-3-19(17)30-15-4-5-16-13(10-15)11-25(22(16)29)18-6-7-20(27)23-21(18)28/h4-5,10,14,17-19,26H,1-3,6-9,11-12H2,(H,23,27,28)/t14?,17-,18?,19-/m0/s1. The number of likely N-dealkylation sites (tertiary alicyclic amines) is 1. The molecule has 0 spiro atoms. The molecule has 3 heterocycles. The molecule has 8 heteroatoms. The van der Waals surface area contributed by atoms with Crippen molar-refractivity contribution in [3.8, 4) is 5.75 Å². The molecule has 4 atom stereocenters. The van der Waals surface area contributed by atoms with Crippen LogP contribution in [0.5, 0.6) is 5.75 Å². The monoisotopic (exact) mass is 413 g/mol. The molecule has 1 aromatic rings. The van der Waals surface area contributed by atoms with E-state index < -0.39 is 11.9 Å². The quantitative estimate of drug-likeness (QED) is 0.709. The van der Waals surface area contributed by atoms with Gasteiger partial charge < -0.3 is 14.7 Å². The Morgan fingerprint density at radius 2 is 1.97 bits per heavy atom. The normalized spacial score (nSPS) is 31.9. The number of amides is 3. The Kier molecular flexibility index (Phi) is 4.99. The fraction of sp³-hybridized carbons (Fsp3) is 0.591.